The molecule has 1 aliphatic rings. The van der Waals surface area contributed by atoms with Crippen molar-refractivity contribution < 1.29 is 17.9 Å². The van der Waals surface area contributed by atoms with Gasteiger partial charge in [-0.3, -0.25) is 9.69 Å². The summed E-state index contributed by atoms with van der Waals surface area (Å²) >= 11 is 1.49. The van der Waals surface area contributed by atoms with Gasteiger partial charge in [0.15, 0.2) is 5.13 Å². The molecule has 0 N–H and O–H groups in total. The van der Waals surface area contributed by atoms with E-state index in [-0.39, 0.29) is 10.8 Å². The number of nitrogens with zero attached hydrogens (tertiary/aromatic N) is 3. The molecule has 0 bridgehead atoms. The van der Waals surface area contributed by atoms with E-state index in [1.165, 1.54) is 27.8 Å². The number of aryl methyl sites for hydroxylation is 2. The highest BCUT2D eigenvalue weighted by molar-refractivity contribution is 7.89. The zero-order valence-corrected chi connectivity index (χ0v) is 21.8. The Bertz CT molecular complexity index is 1490. The summed E-state index contributed by atoms with van der Waals surface area (Å²) in [6.07, 6.45) is 0. The first-order valence-corrected chi connectivity index (χ1v) is 14.0. The van der Waals surface area contributed by atoms with E-state index < -0.39 is 10.0 Å². The van der Waals surface area contributed by atoms with E-state index in [0.717, 1.165) is 26.9 Å². The number of ether oxygens (including phenoxy) is 1. The second kappa shape index (κ2) is 10.1. The Labute approximate surface area is 215 Å². The third-order valence-electron chi connectivity index (χ3n) is 6.18. The maximum absolute atomic E-state index is 13.8. The Hall–Kier alpha value is -3.11. The van der Waals surface area contributed by atoms with Gasteiger partial charge < -0.3 is 4.74 Å². The third-order valence-corrected chi connectivity index (χ3v) is 9.32. The lowest BCUT2D eigenvalue weighted by Gasteiger charge is -2.26. The van der Waals surface area contributed by atoms with Crippen molar-refractivity contribution in [1.82, 2.24) is 9.29 Å². The van der Waals surface area contributed by atoms with Crippen LogP contribution >= 0.6 is 11.3 Å². The Kier molecular flexibility index (Phi) is 6.90. The highest BCUT2D eigenvalue weighted by Gasteiger charge is 2.27. The van der Waals surface area contributed by atoms with Crippen LogP contribution < -0.4 is 4.90 Å². The molecule has 0 atom stereocenters. The molecular weight excluding hydrogens is 494 g/mol. The Morgan fingerprint density at radius 3 is 2.42 bits per heavy atom. The Balaban J connectivity index is 1.49. The monoisotopic (exact) mass is 521 g/mol. The molecule has 1 amide bonds. The highest BCUT2D eigenvalue weighted by Crippen LogP contribution is 2.33. The summed E-state index contributed by atoms with van der Waals surface area (Å²) in [5, 5.41) is 0.609. The van der Waals surface area contributed by atoms with Gasteiger partial charge in [-0.1, -0.05) is 47.7 Å². The van der Waals surface area contributed by atoms with E-state index in [4.69, 9.17) is 9.72 Å². The molecule has 9 heteroatoms. The van der Waals surface area contributed by atoms with E-state index in [0.29, 0.717) is 43.5 Å². The van der Waals surface area contributed by atoms with Crippen LogP contribution in [0.1, 0.15) is 27.0 Å². The molecular formula is C27H27N3O4S2. The summed E-state index contributed by atoms with van der Waals surface area (Å²) in [5.41, 5.74) is 4.49. The number of sulfonamides is 1. The topological polar surface area (TPSA) is 79.8 Å². The second-order valence-electron chi connectivity index (χ2n) is 8.84. The fourth-order valence-corrected chi connectivity index (χ4v) is 6.76. The van der Waals surface area contributed by atoms with Crippen molar-refractivity contribution in [3.8, 4) is 0 Å². The van der Waals surface area contributed by atoms with Crippen molar-refractivity contribution in [2.24, 2.45) is 0 Å². The normalized spacial score (nSPS) is 14.7. The largest absolute Gasteiger partial charge is 0.379 e. The average molecular weight is 522 g/mol. The number of fused-ring (bicyclic) bond motifs is 1. The molecule has 5 rings (SSSR count). The maximum Gasteiger partial charge on any atom is 0.260 e. The van der Waals surface area contributed by atoms with Crippen molar-refractivity contribution in [3.05, 3.63) is 89.0 Å². The summed E-state index contributed by atoms with van der Waals surface area (Å²) < 4.78 is 33.7. The first-order valence-electron chi connectivity index (χ1n) is 11.7. The first kappa shape index (κ1) is 24.6. The minimum atomic E-state index is -3.63. The summed E-state index contributed by atoms with van der Waals surface area (Å²) in [7, 11) is -3.63. The van der Waals surface area contributed by atoms with Gasteiger partial charge in [-0.25, -0.2) is 13.4 Å². The zero-order chi connectivity index (χ0) is 25.3. The van der Waals surface area contributed by atoms with Crippen LogP contribution in [-0.4, -0.2) is 49.9 Å². The van der Waals surface area contributed by atoms with Crippen molar-refractivity contribution in [1.29, 1.82) is 0 Å². The molecule has 4 aromatic rings. The van der Waals surface area contributed by atoms with Gasteiger partial charge in [0, 0.05) is 18.7 Å². The molecule has 1 aromatic heterocycles. The lowest BCUT2D eigenvalue weighted by atomic mass is 10.1. The number of aromatic nitrogens is 1. The van der Waals surface area contributed by atoms with Gasteiger partial charge >= 0.3 is 0 Å². The van der Waals surface area contributed by atoms with E-state index in [9.17, 15) is 13.2 Å². The SMILES string of the molecule is Cc1cc(C)c2sc(N(Cc3ccccc3)C(=O)c3ccc(S(=O)(=O)N4CCOCC4)cc3)nc2c1. The Morgan fingerprint density at radius 1 is 1.03 bits per heavy atom. The number of hydrogen-bond acceptors (Lipinski definition) is 6. The van der Waals surface area contributed by atoms with Crippen LogP contribution in [0.3, 0.4) is 0 Å². The molecule has 3 aromatic carbocycles. The first-order chi connectivity index (χ1) is 17.3. The molecule has 0 aliphatic carbocycles. The van der Waals surface area contributed by atoms with Gasteiger partial charge in [-0.2, -0.15) is 4.31 Å². The third kappa shape index (κ3) is 4.92. The van der Waals surface area contributed by atoms with Crippen LogP contribution in [0, 0.1) is 13.8 Å². The quantitative estimate of drug-likeness (QED) is 0.365. The van der Waals surface area contributed by atoms with Crippen LogP contribution in [0.25, 0.3) is 10.2 Å². The van der Waals surface area contributed by atoms with Crippen molar-refractivity contribution >= 4 is 42.6 Å². The number of carbonyl (C=O) groups is 1. The average Bonchev–Trinajstić information content (AvgIpc) is 3.32. The van der Waals surface area contributed by atoms with Gasteiger partial charge in [0.05, 0.1) is 34.9 Å². The summed E-state index contributed by atoms with van der Waals surface area (Å²) in [6, 6.07) is 20.1. The van der Waals surface area contributed by atoms with Gasteiger partial charge in [0.2, 0.25) is 10.0 Å². The number of morpholine rings is 1. The molecule has 1 aliphatic heterocycles. The van der Waals surface area contributed by atoms with E-state index >= 15 is 0 Å². The van der Waals surface area contributed by atoms with Crippen LogP contribution in [-0.2, 0) is 21.3 Å². The minimum Gasteiger partial charge on any atom is -0.379 e. The number of hydrogen-bond donors (Lipinski definition) is 0. The second-order valence-corrected chi connectivity index (χ2v) is 11.8. The molecule has 0 saturated carbocycles. The van der Waals surface area contributed by atoms with Crippen LogP contribution in [0.5, 0.6) is 0 Å². The zero-order valence-electron chi connectivity index (χ0n) is 20.2. The van der Waals surface area contributed by atoms with Crippen molar-refractivity contribution in [2.45, 2.75) is 25.3 Å². The number of benzene rings is 3. The lowest BCUT2D eigenvalue weighted by molar-refractivity contribution is 0.0730. The Morgan fingerprint density at radius 2 is 1.72 bits per heavy atom. The molecule has 186 valence electrons. The fourth-order valence-electron chi connectivity index (χ4n) is 4.33. The van der Waals surface area contributed by atoms with Gasteiger partial charge in [0.1, 0.15) is 0 Å². The molecule has 36 heavy (non-hydrogen) atoms. The van der Waals surface area contributed by atoms with E-state index in [2.05, 4.69) is 6.07 Å². The van der Waals surface area contributed by atoms with Crippen LogP contribution in [0.2, 0.25) is 0 Å². The number of anilines is 1. The summed E-state index contributed by atoms with van der Waals surface area (Å²) in [4.78, 5) is 20.4. The lowest BCUT2D eigenvalue weighted by Crippen LogP contribution is -2.40. The molecule has 0 unspecified atom stereocenters. The maximum atomic E-state index is 13.8. The number of thiazole rings is 1. The molecule has 2 heterocycles. The van der Waals surface area contributed by atoms with E-state index in [1.807, 2.05) is 50.2 Å². The van der Waals surface area contributed by atoms with E-state index in [1.54, 1.807) is 17.0 Å². The fraction of sp³-hybridized carbons (Fsp3) is 0.259. The van der Waals surface area contributed by atoms with Gasteiger partial charge in [-0.15, -0.1) is 0 Å². The highest BCUT2D eigenvalue weighted by atomic mass is 32.2. The molecule has 0 spiro atoms. The predicted molar refractivity (Wildman–Crippen MR) is 142 cm³/mol. The number of carbonyl (C=O) groups excluding carboxylic acids is 1. The molecule has 1 saturated heterocycles. The van der Waals surface area contributed by atoms with Gasteiger partial charge in [-0.05, 0) is 60.9 Å². The smallest absolute Gasteiger partial charge is 0.260 e. The molecule has 1 fully saturated rings. The number of rotatable bonds is 6. The number of amides is 1. The van der Waals surface area contributed by atoms with Crippen molar-refractivity contribution in [3.63, 3.8) is 0 Å². The summed E-state index contributed by atoms with van der Waals surface area (Å²) in [5.74, 6) is -0.234. The predicted octanol–water partition coefficient (Wildman–Crippen LogP) is 4.78. The molecule has 7 nitrogen and oxygen atoms in total. The van der Waals surface area contributed by atoms with Crippen LogP contribution in [0.4, 0.5) is 5.13 Å². The van der Waals surface area contributed by atoms with Gasteiger partial charge in [0.25, 0.3) is 5.91 Å². The molecule has 0 radical (unpaired) electrons. The van der Waals surface area contributed by atoms with Crippen molar-refractivity contribution in [2.75, 3.05) is 31.2 Å². The summed E-state index contributed by atoms with van der Waals surface area (Å²) in [6.45, 7) is 5.84. The van der Waals surface area contributed by atoms with Crippen LogP contribution in [0.15, 0.2) is 71.6 Å². The standard InChI is InChI=1S/C27H27N3O4S2/c1-19-16-20(2)25-24(17-19)28-27(35-25)30(18-21-6-4-3-5-7-21)26(31)22-8-10-23(11-9-22)36(32,33)29-12-14-34-15-13-29/h3-11,16-17H,12-15,18H2,1-2H3. The minimum absolute atomic E-state index is 0.168.